The molecule has 2 saturated carbocycles. The van der Waals surface area contributed by atoms with Crippen molar-refractivity contribution in [2.75, 3.05) is 0 Å². The Kier molecular flexibility index (Phi) is 3.72. The van der Waals surface area contributed by atoms with Gasteiger partial charge in [-0.3, -0.25) is 4.79 Å². The topological polar surface area (TPSA) is 26.3 Å². The van der Waals surface area contributed by atoms with Crippen LogP contribution in [0, 0.1) is 17.3 Å². The van der Waals surface area contributed by atoms with Crippen LogP contribution >= 0.6 is 0 Å². The fraction of sp³-hybridized carbons (Fsp3) is 0.667. The Hall–Kier alpha value is -1.09. The largest absolute Gasteiger partial charge is 0.544 e. The SMILES string of the molecule is CC12CCC3c4ccc(O[Si](C)(C)C)cc4CCC3C1CC(=O)C2. The van der Waals surface area contributed by atoms with Gasteiger partial charge in [-0.25, -0.2) is 0 Å². The molecule has 1 aromatic rings. The van der Waals surface area contributed by atoms with E-state index in [0.29, 0.717) is 23.5 Å². The fourth-order valence-electron chi connectivity index (χ4n) is 5.76. The zero-order chi connectivity index (χ0) is 17.1. The Morgan fingerprint density at radius 3 is 2.75 bits per heavy atom. The second-order valence-corrected chi connectivity index (χ2v) is 14.0. The van der Waals surface area contributed by atoms with Gasteiger partial charge in [-0.15, -0.1) is 0 Å². The molecule has 0 saturated heterocycles. The van der Waals surface area contributed by atoms with Gasteiger partial charge in [0, 0.05) is 12.8 Å². The van der Waals surface area contributed by atoms with Crippen LogP contribution in [-0.2, 0) is 11.2 Å². The molecule has 0 aliphatic heterocycles. The maximum atomic E-state index is 12.1. The van der Waals surface area contributed by atoms with Gasteiger partial charge in [0.15, 0.2) is 0 Å². The van der Waals surface area contributed by atoms with E-state index in [2.05, 4.69) is 44.8 Å². The highest BCUT2D eigenvalue weighted by Gasteiger charge is 2.52. The highest BCUT2D eigenvalue weighted by atomic mass is 28.4. The Morgan fingerprint density at radius 2 is 2.00 bits per heavy atom. The third-order valence-corrected chi connectivity index (χ3v) is 7.54. The van der Waals surface area contributed by atoms with Crippen LogP contribution in [-0.4, -0.2) is 14.1 Å². The molecule has 0 bridgehead atoms. The van der Waals surface area contributed by atoms with E-state index in [1.807, 2.05) is 0 Å². The first kappa shape index (κ1) is 16.4. The van der Waals surface area contributed by atoms with E-state index >= 15 is 0 Å². The van der Waals surface area contributed by atoms with Crippen LogP contribution in [0.1, 0.15) is 56.1 Å². The molecule has 24 heavy (non-hydrogen) atoms. The van der Waals surface area contributed by atoms with E-state index in [1.165, 1.54) is 24.8 Å². The standard InChI is InChI=1S/C21H30O2Si/c1-21-10-9-18-17-8-6-16(23-24(2,3)4)11-14(17)5-7-19(18)20(21)12-15(22)13-21/h6,8,11,18-20H,5,7,9-10,12-13H2,1-4H3. The lowest BCUT2D eigenvalue weighted by Gasteiger charge is -2.48. The van der Waals surface area contributed by atoms with E-state index < -0.39 is 8.32 Å². The molecule has 3 heteroatoms. The predicted octanol–water partition coefficient (Wildman–Crippen LogP) is 5.33. The number of rotatable bonds is 2. The molecule has 1 aromatic carbocycles. The minimum atomic E-state index is -1.55. The summed E-state index contributed by atoms with van der Waals surface area (Å²) in [7, 11) is -1.55. The summed E-state index contributed by atoms with van der Waals surface area (Å²) in [5.41, 5.74) is 3.34. The zero-order valence-corrected chi connectivity index (χ0v) is 16.5. The predicted molar refractivity (Wildman–Crippen MR) is 100 cm³/mol. The van der Waals surface area contributed by atoms with E-state index in [-0.39, 0.29) is 5.41 Å². The number of fused-ring (bicyclic) bond motifs is 5. The van der Waals surface area contributed by atoms with E-state index in [4.69, 9.17) is 4.43 Å². The highest BCUT2D eigenvalue weighted by molar-refractivity contribution is 6.70. The molecular formula is C21H30O2Si. The zero-order valence-electron chi connectivity index (χ0n) is 15.5. The summed E-state index contributed by atoms with van der Waals surface area (Å²) in [5.74, 6) is 3.57. The van der Waals surface area contributed by atoms with Crippen molar-refractivity contribution in [3.05, 3.63) is 29.3 Å². The number of Topliss-reactive ketones (excluding diaryl/α,β-unsaturated/α-hetero) is 1. The molecule has 4 unspecified atom stereocenters. The normalized spacial score (nSPS) is 35.2. The lowest BCUT2D eigenvalue weighted by Crippen LogP contribution is -2.39. The third-order valence-electron chi connectivity index (χ3n) is 6.69. The molecule has 3 aliphatic carbocycles. The average Bonchev–Trinajstić information content (AvgIpc) is 2.79. The van der Waals surface area contributed by atoms with Gasteiger partial charge in [0.1, 0.15) is 11.5 Å². The maximum absolute atomic E-state index is 12.1. The molecule has 2 fully saturated rings. The summed E-state index contributed by atoms with van der Waals surface area (Å²) in [6, 6.07) is 6.82. The number of benzene rings is 1. The Balaban J connectivity index is 1.62. The summed E-state index contributed by atoms with van der Waals surface area (Å²) in [6.07, 6.45) is 6.55. The summed E-state index contributed by atoms with van der Waals surface area (Å²) in [4.78, 5) is 12.1. The smallest absolute Gasteiger partial charge is 0.242 e. The van der Waals surface area contributed by atoms with Crippen molar-refractivity contribution in [1.29, 1.82) is 0 Å². The van der Waals surface area contributed by atoms with Crippen LogP contribution < -0.4 is 4.43 Å². The van der Waals surface area contributed by atoms with Crippen molar-refractivity contribution in [3.63, 3.8) is 0 Å². The van der Waals surface area contributed by atoms with Crippen LogP contribution in [0.3, 0.4) is 0 Å². The second-order valence-electron chi connectivity index (χ2n) is 9.60. The molecule has 0 N–H and O–H groups in total. The monoisotopic (exact) mass is 342 g/mol. The molecule has 4 rings (SSSR count). The fourth-order valence-corrected chi connectivity index (χ4v) is 6.59. The van der Waals surface area contributed by atoms with Gasteiger partial charge in [-0.05, 0) is 91.8 Å². The van der Waals surface area contributed by atoms with Gasteiger partial charge in [0.25, 0.3) is 0 Å². The number of aryl methyl sites for hydroxylation is 1. The van der Waals surface area contributed by atoms with Gasteiger partial charge in [-0.2, -0.15) is 0 Å². The van der Waals surface area contributed by atoms with E-state index in [0.717, 1.165) is 25.0 Å². The number of hydrogen-bond donors (Lipinski definition) is 0. The Bertz CT molecular complexity index is 675. The Labute approximate surface area is 147 Å². The summed E-state index contributed by atoms with van der Waals surface area (Å²) < 4.78 is 6.20. The average molecular weight is 343 g/mol. The lowest BCUT2D eigenvalue weighted by atomic mass is 9.56. The van der Waals surface area contributed by atoms with Gasteiger partial charge < -0.3 is 4.43 Å². The first-order chi connectivity index (χ1) is 11.3. The van der Waals surface area contributed by atoms with Crippen molar-refractivity contribution in [3.8, 4) is 5.75 Å². The van der Waals surface area contributed by atoms with Crippen molar-refractivity contribution in [2.45, 2.75) is 71.0 Å². The molecule has 130 valence electrons. The van der Waals surface area contributed by atoms with Gasteiger partial charge >= 0.3 is 0 Å². The van der Waals surface area contributed by atoms with Crippen molar-refractivity contribution < 1.29 is 9.22 Å². The highest BCUT2D eigenvalue weighted by Crippen LogP contribution is 2.60. The number of ketones is 1. The van der Waals surface area contributed by atoms with Crippen molar-refractivity contribution in [1.82, 2.24) is 0 Å². The summed E-state index contributed by atoms with van der Waals surface area (Å²) >= 11 is 0. The summed E-state index contributed by atoms with van der Waals surface area (Å²) in [6.45, 7) is 9.09. The quantitative estimate of drug-likeness (QED) is 0.679. The molecular weight excluding hydrogens is 312 g/mol. The molecule has 0 radical (unpaired) electrons. The van der Waals surface area contributed by atoms with Crippen LogP contribution in [0.15, 0.2) is 18.2 Å². The van der Waals surface area contributed by atoms with Crippen molar-refractivity contribution >= 4 is 14.1 Å². The molecule has 0 aromatic heterocycles. The second kappa shape index (κ2) is 5.45. The molecule has 0 amide bonds. The number of carbonyl (C=O) groups is 1. The third kappa shape index (κ3) is 2.75. The van der Waals surface area contributed by atoms with Gasteiger partial charge in [0.2, 0.25) is 8.32 Å². The van der Waals surface area contributed by atoms with Gasteiger partial charge in [0.05, 0.1) is 0 Å². The minimum absolute atomic E-state index is 0.288. The molecule has 3 aliphatic rings. The van der Waals surface area contributed by atoms with Crippen molar-refractivity contribution in [2.24, 2.45) is 17.3 Å². The van der Waals surface area contributed by atoms with Crippen LogP contribution in [0.25, 0.3) is 0 Å². The lowest BCUT2D eigenvalue weighted by molar-refractivity contribution is -0.118. The Morgan fingerprint density at radius 1 is 1.21 bits per heavy atom. The first-order valence-electron chi connectivity index (χ1n) is 9.59. The first-order valence-corrected chi connectivity index (χ1v) is 13.0. The molecule has 0 heterocycles. The maximum Gasteiger partial charge on any atom is 0.242 e. The van der Waals surface area contributed by atoms with Crippen LogP contribution in [0.4, 0.5) is 0 Å². The van der Waals surface area contributed by atoms with Gasteiger partial charge in [-0.1, -0.05) is 13.0 Å². The molecule has 4 atom stereocenters. The number of carbonyl (C=O) groups excluding carboxylic acids is 1. The molecule has 2 nitrogen and oxygen atoms in total. The van der Waals surface area contributed by atoms with Crippen LogP contribution in [0.2, 0.25) is 19.6 Å². The molecule has 0 spiro atoms. The number of hydrogen-bond acceptors (Lipinski definition) is 2. The summed E-state index contributed by atoms with van der Waals surface area (Å²) in [5, 5.41) is 0. The van der Waals surface area contributed by atoms with Crippen LogP contribution in [0.5, 0.6) is 5.75 Å². The van der Waals surface area contributed by atoms with E-state index in [9.17, 15) is 4.79 Å². The van der Waals surface area contributed by atoms with E-state index in [1.54, 1.807) is 5.56 Å². The minimum Gasteiger partial charge on any atom is -0.544 e.